The molecule has 2 nitrogen and oxygen atoms in total. The predicted molar refractivity (Wildman–Crippen MR) is 138 cm³/mol. The second-order valence-electron chi connectivity index (χ2n) is 10.5. The van der Waals surface area contributed by atoms with Gasteiger partial charge < -0.3 is 9.53 Å². The summed E-state index contributed by atoms with van der Waals surface area (Å²) in [5, 5.41) is 0. The zero-order chi connectivity index (χ0) is 22.9. The van der Waals surface area contributed by atoms with Crippen LogP contribution in [-0.2, 0) is 16.0 Å². The van der Waals surface area contributed by atoms with Crippen LogP contribution in [0.1, 0.15) is 94.6 Å². The highest BCUT2D eigenvalue weighted by Gasteiger charge is 2.25. The average Bonchev–Trinajstić information content (AvgIpc) is 2.89. The molecule has 2 heteroatoms. The molecule has 178 valence electrons. The zero-order valence-corrected chi connectivity index (χ0v) is 20.5. The van der Waals surface area contributed by atoms with Crippen molar-refractivity contribution in [3.63, 3.8) is 0 Å². The van der Waals surface area contributed by atoms with Crippen molar-refractivity contribution in [3.8, 4) is 11.1 Å². The number of ether oxygens (including phenoxy) is 1. The molecule has 0 radical (unpaired) electrons. The minimum Gasteiger partial charge on any atom is -0.378 e. The first kappa shape index (κ1) is 24.2. The SMILES string of the molecule is CCc1ccc(-c2ccc(C3CCC(COC4CCC(CCCC=O)CC4)CC3)cc2)cc1. The number of benzene rings is 2. The number of rotatable bonds is 10. The summed E-state index contributed by atoms with van der Waals surface area (Å²) in [4.78, 5) is 10.5. The largest absolute Gasteiger partial charge is 0.378 e. The summed E-state index contributed by atoms with van der Waals surface area (Å²) < 4.78 is 6.36. The quantitative estimate of drug-likeness (QED) is 0.272. The van der Waals surface area contributed by atoms with E-state index in [1.165, 1.54) is 80.0 Å². The summed E-state index contributed by atoms with van der Waals surface area (Å²) in [7, 11) is 0. The van der Waals surface area contributed by atoms with Gasteiger partial charge in [-0.15, -0.1) is 0 Å². The number of aldehydes is 1. The lowest BCUT2D eigenvalue weighted by Crippen LogP contribution is -2.25. The van der Waals surface area contributed by atoms with Gasteiger partial charge in [0, 0.05) is 13.0 Å². The summed E-state index contributed by atoms with van der Waals surface area (Å²) in [5.41, 5.74) is 5.54. The molecule has 0 heterocycles. The van der Waals surface area contributed by atoms with Gasteiger partial charge in [0.05, 0.1) is 6.10 Å². The lowest BCUT2D eigenvalue weighted by atomic mass is 9.78. The Morgan fingerprint density at radius 2 is 1.39 bits per heavy atom. The van der Waals surface area contributed by atoms with Gasteiger partial charge >= 0.3 is 0 Å². The van der Waals surface area contributed by atoms with E-state index >= 15 is 0 Å². The van der Waals surface area contributed by atoms with E-state index in [0.717, 1.165) is 44.0 Å². The zero-order valence-electron chi connectivity index (χ0n) is 20.5. The van der Waals surface area contributed by atoms with Crippen LogP contribution in [0.2, 0.25) is 0 Å². The van der Waals surface area contributed by atoms with Gasteiger partial charge in [-0.25, -0.2) is 0 Å². The fourth-order valence-corrected chi connectivity index (χ4v) is 5.89. The van der Waals surface area contributed by atoms with Crippen molar-refractivity contribution in [2.24, 2.45) is 11.8 Å². The molecule has 2 aliphatic rings. The van der Waals surface area contributed by atoms with Crippen LogP contribution in [0.3, 0.4) is 0 Å². The molecule has 0 spiro atoms. The smallest absolute Gasteiger partial charge is 0.119 e. The molecule has 0 saturated heterocycles. The topological polar surface area (TPSA) is 26.3 Å². The second-order valence-corrected chi connectivity index (χ2v) is 10.5. The summed E-state index contributed by atoms with van der Waals surface area (Å²) in [6.45, 7) is 3.16. The van der Waals surface area contributed by atoms with Crippen LogP contribution >= 0.6 is 0 Å². The minimum absolute atomic E-state index is 0.476. The molecule has 2 aromatic rings. The molecule has 0 aliphatic heterocycles. The first-order valence-corrected chi connectivity index (χ1v) is 13.5. The average molecular weight is 447 g/mol. The highest BCUT2D eigenvalue weighted by atomic mass is 16.5. The number of hydrogen-bond donors (Lipinski definition) is 0. The van der Waals surface area contributed by atoms with E-state index in [1.54, 1.807) is 0 Å². The molecule has 4 rings (SSSR count). The lowest BCUT2D eigenvalue weighted by molar-refractivity contribution is -0.108. The highest BCUT2D eigenvalue weighted by Crippen LogP contribution is 2.37. The van der Waals surface area contributed by atoms with Crippen LogP contribution in [0.5, 0.6) is 0 Å². The number of carbonyl (C=O) groups is 1. The van der Waals surface area contributed by atoms with E-state index in [1.807, 2.05) is 0 Å². The summed E-state index contributed by atoms with van der Waals surface area (Å²) in [6.07, 6.45) is 15.8. The molecule has 0 bridgehead atoms. The van der Waals surface area contributed by atoms with Gasteiger partial charge in [0.1, 0.15) is 6.29 Å². The third kappa shape index (κ3) is 7.03. The van der Waals surface area contributed by atoms with Crippen LogP contribution < -0.4 is 0 Å². The normalized spacial score (nSPS) is 25.6. The molecule has 0 amide bonds. The molecular weight excluding hydrogens is 404 g/mol. The molecule has 0 unspecified atom stereocenters. The van der Waals surface area contributed by atoms with Crippen molar-refractivity contribution in [2.75, 3.05) is 6.61 Å². The molecule has 2 aromatic carbocycles. The van der Waals surface area contributed by atoms with E-state index in [9.17, 15) is 4.79 Å². The van der Waals surface area contributed by atoms with Crippen molar-refractivity contribution in [1.29, 1.82) is 0 Å². The van der Waals surface area contributed by atoms with Crippen LogP contribution in [0.25, 0.3) is 11.1 Å². The number of carbonyl (C=O) groups excluding carboxylic acids is 1. The van der Waals surface area contributed by atoms with Gasteiger partial charge in [-0.05, 0) is 104 Å². The predicted octanol–water partition coefficient (Wildman–Crippen LogP) is 8.13. The van der Waals surface area contributed by atoms with Crippen molar-refractivity contribution < 1.29 is 9.53 Å². The minimum atomic E-state index is 0.476. The van der Waals surface area contributed by atoms with E-state index in [-0.39, 0.29) is 0 Å². The van der Waals surface area contributed by atoms with Crippen molar-refractivity contribution in [2.45, 2.75) is 96.0 Å². The number of unbranched alkanes of at least 4 members (excludes halogenated alkanes) is 1. The molecule has 2 fully saturated rings. The van der Waals surface area contributed by atoms with Gasteiger partial charge in [-0.2, -0.15) is 0 Å². The molecule has 0 atom stereocenters. The summed E-state index contributed by atoms with van der Waals surface area (Å²) in [6, 6.07) is 18.3. The van der Waals surface area contributed by atoms with E-state index < -0.39 is 0 Å². The highest BCUT2D eigenvalue weighted by molar-refractivity contribution is 5.64. The van der Waals surface area contributed by atoms with Gasteiger partial charge in [0.15, 0.2) is 0 Å². The van der Waals surface area contributed by atoms with Crippen LogP contribution in [0, 0.1) is 11.8 Å². The van der Waals surface area contributed by atoms with Gasteiger partial charge in [-0.3, -0.25) is 0 Å². The third-order valence-corrected chi connectivity index (χ3v) is 8.22. The Morgan fingerprint density at radius 3 is 2.00 bits per heavy atom. The van der Waals surface area contributed by atoms with Gasteiger partial charge in [0.25, 0.3) is 0 Å². The maximum Gasteiger partial charge on any atom is 0.119 e. The maximum atomic E-state index is 10.5. The fraction of sp³-hybridized carbons (Fsp3) is 0.581. The molecule has 33 heavy (non-hydrogen) atoms. The molecule has 2 aliphatic carbocycles. The van der Waals surface area contributed by atoms with Gasteiger partial charge in [0.2, 0.25) is 0 Å². The monoisotopic (exact) mass is 446 g/mol. The Kier molecular flexibility index (Phi) is 9.17. The standard InChI is InChI=1S/C31H42O2/c1-2-24-6-12-27(13-7-24)29-16-18-30(19-17-29)28-14-8-26(9-15-28)23-33-31-20-10-25(11-21-31)5-3-4-22-32/h6-7,12-13,16-19,22,25-26,28,31H,2-5,8-11,14-15,20-21,23H2,1H3. The fourth-order valence-electron chi connectivity index (χ4n) is 5.89. The van der Waals surface area contributed by atoms with Crippen molar-refractivity contribution in [3.05, 3.63) is 59.7 Å². The van der Waals surface area contributed by atoms with Crippen LogP contribution in [-0.4, -0.2) is 19.0 Å². The second kappa shape index (κ2) is 12.5. The Morgan fingerprint density at radius 1 is 0.788 bits per heavy atom. The Bertz CT molecular complexity index is 822. The molecule has 0 aromatic heterocycles. The summed E-state index contributed by atoms with van der Waals surface area (Å²) in [5.74, 6) is 2.27. The van der Waals surface area contributed by atoms with E-state index in [4.69, 9.17) is 4.74 Å². The molecule has 2 saturated carbocycles. The Balaban J connectivity index is 1.17. The van der Waals surface area contributed by atoms with Crippen molar-refractivity contribution >= 4 is 6.29 Å². The van der Waals surface area contributed by atoms with Crippen molar-refractivity contribution in [1.82, 2.24) is 0 Å². The number of aryl methyl sites for hydroxylation is 1. The van der Waals surface area contributed by atoms with E-state index in [2.05, 4.69) is 55.5 Å². The van der Waals surface area contributed by atoms with Crippen LogP contribution in [0.4, 0.5) is 0 Å². The molecule has 0 N–H and O–H groups in total. The van der Waals surface area contributed by atoms with Gasteiger partial charge in [-0.1, -0.05) is 61.9 Å². The first-order valence-electron chi connectivity index (χ1n) is 13.5. The number of hydrogen-bond acceptors (Lipinski definition) is 2. The Labute approximate surface area is 201 Å². The van der Waals surface area contributed by atoms with Crippen LogP contribution in [0.15, 0.2) is 48.5 Å². The maximum absolute atomic E-state index is 10.5. The summed E-state index contributed by atoms with van der Waals surface area (Å²) >= 11 is 0. The lowest BCUT2D eigenvalue weighted by Gasteiger charge is -2.32. The third-order valence-electron chi connectivity index (χ3n) is 8.22. The molecular formula is C31H42O2. The first-order chi connectivity index (χ1) is 16.2. The van der Waals surface area contributed by atoms with E-state index in [0.29, 0.717) is 12.0 Å². The Hall–Kier alpha value is -1.93.